The predicted octanol–water partition coefficient (Wildman–Crippen LogP) is 11.1. The lowest BCUT2D eigenvalue weighted by Crippen LogP contribution is -2.35. The van der Waals surface area contributed by atoms with Gasteiger partial charge in [0.1, 0.15) is 10.7 Å². The summed E-state index contributed by atoms with van der Waals surface area (Å²) in [6, 6.07) is 2.27. The van der Waals surface area contributed by atoms with Crippen LogP contribution >= 0.6 is 22.7 Å². The van der Waals surface area contributed by atoms with Gasteiger partial charge >= 0.3 is 0 Å². The molecule has 8 saturated carbocycles. The van der Waals surface area contributed by atoms with Crippen LogP contribution in [-0.4, -0.2) is 34.6 Å². The normalized spacial score (nSPS) is 36.2. The number of carbonyl (C=O) groups is 4. The van der Waals surface area contributed by atoms with Crippen LogP contribution in [0.15, 0.2) is 21.7 Å². The Hall–Kier alpha value is -2.84. The summed E-state index contributed by atoms with van der Waals surface area (Å²) in [5.74, 6) is 1.82. The molecular weight excluding hydrogens is 733 g/mol. The Bertz CT molecular complexity index is 2120. The minimum atomic E-state index is -0.259. The SMILES string of the molecule is O=C1C(=NC2=Cc3sc4c(c3C23CCCCC3)C2(CCCCC2)c2cc(N=C3C(=O)C5CC6CCCCC6CC5C3=O)sc2-4)C(=O)C2CC3CCCCC3CC12. The number of allylic oxidation sites excluding steroid dienone is 1. The molecule has 10 aliphatic carbocycles. The van der Waals surface area contributed by atoms with Crippen molar-refractivity contribution in [3.05, 3.63) is 33.3 Å². The van der Waals surface area contributed by atoms with Crippen molar-refractivity contribution in [2.45, 2.75) is 152 Å². The third-order valence-corrected chi connectivity index (χ3v) is 19.9. The fourth-order valence-corrected chi connectivity index (χ4v) is 17.7. The van der Waals surface area contributed by atoms with Crippen LogP contribution in [0.25, 0.3) is 15.8 Å². The summed E-state index contributed by atoms with van der Waals surface area (Å²) in [6.07, 6.45) is 26.9. The molecular formula is C48H54N2O4S2. The molecule has 0 amide bonds. The largest absolute Gasteiger partial charge is 0.292 e. The van der Waals surface area contributed by atoms with Crippen molar-refractivity contribution >= 4 is 68.3 Å². The van der Waals surface area contributed by atoms with Gasteiger partial charge in [0.15, 0.2) is 28.8 Å². The van der Waals surface area contributed by atoms with Crippen molar-refractivity contribution in [1.82, 2.24) is 0 Å². The van der Waals surface area contributed by atoms with Gasteiger partial charge in [0.25, 0.3) is 0 Å². The molecule has 10 aliphatic rings. The number of aliphatic imine (C=N–C) groups is 2. The lowest BCUT2D eigenvalue weighted by molar-refractivity contribution is -0.123. The van der Waals surface area contributed by atoms with Gasteiger partial charge in [-0.15, -0.1) is 22.7 Å². The molecule has 12 rings (SSSR count). The molecule has 0 bridgehead atoms. The van der Waals surface area contributed by atoms with Crippen LogP contribution in [-0.2, 0) is 30.0 Å². The van der Waals surface area contributed by atoms with Gasteiger partial charge in [0.05, 0.1) is 10.6 Å². The van der Waals surface area contributed by atoms with E-state index in [4.69, 9.17) is 9.98 Å². The zero-order chi connectivity index (χ0) is 37.5. The first-order valence-electron chi connectivity index (χ1n) is 22.7. The lowest BCUT2D eigenvalue weighted by atomic mass is 9.62. The van der Waals surface area contributed by atoms with E-state index in [0.29, 0.717) is 23.7 Å². The van der Waals surface area contributed by atoms with Crippen LogP contribution in [0.3, 0.4) is 0 Å². The number of hydrogen-bond acceptors (Lipinski definition) is 8. The highest BCUT2D eigenvalue weighted by Crippen LogP contribution is 2.68. The fourth-order valence-electron chi connectivity index (χ4n) is 14.9. The Kier molecular flexibility index (Phi) is 8.05. The van der Waals surface area contributed by atoms with Gasteiger partial charge in [-0.2, -0.15) is 0 Å². The number of hydrogen-bond donors (Lipinski definition) is 0. The van der Waals surface area contributed by atoms with Crippen molar-refractivity contribution in [3.63, 3.8) is 0 Å². The van der Waals surface area contributed by atoms with Crippen LogP contribution < -0.4 is 0 Å². The number of nitrogens with zero attached hydrogens (tertiary/aromatic N) is 2. The molecule has 292 valence electrons. The maximum Gasteiger partial charge on any atom is 0.188 e. The third kappa shape index (κ3) is 4.84. The highest BCUT2D eigenvalue weighted by atomic mass is 32.1. The van der Waals surface area contributed by atoms with Gasteiger partial charge in [0, 0.05) is 44.3 Å². The monoisotopic (exact) mass is 786 g/mol. The average Bonchev–Trinajstić information content (AvgIpc) is 4.03. The Balaban J connectivity index is 0.926. The Morgan fingerprint density at radius 2 is 0.964 bits per heavy atom. The van der Waals surface area contributed by atoms with E-state index >= 15 is 0 Å². The number of thiophene rings is 2. The first-order valence-corrected chi connectivity index (χ1v) is 24.4. The highest BCUT2D eigenvalue weighted by molar-refractivity contribution is 7.25. The zero-order valence-electron chi connectivity index (χ0n) is 32.7. The maximum absolute atomic E-state index is 14.1. The van der Waals surface area contributed by atoms with Crippen LogP contribution in [0.5, 0.6) is 0 Å². The van der Waals surface area contributed by atoms with Crippen LogP contribution in [0, 0.1) is 47.3 Å². The standard InChI is InChI=1S/C48H54N2O4S2/c51-41-29-19-25-11-3-4-12-26(25)20-30(29)42(52)39(41)49-35-24-34-37(48(35)17-9-2-10-18-48)38-46(55-34)45-33(47(38)15-7-1-8-16-47)23-36(56-45)50-40-43(53)31-21-27-13-5-6-14-28(27)22-32(31)44(40)54/h23-32H,1-22H2. The smallest absolute Gasteiger partial charge is 0.188 e. The Labute approximate surface area is 338 Å². The van der Waals surface area contributed by atoms with E-state index in [-0.39, 0.29) is 69.1 Å². The summed E-state index contributed by atoms with van der Waals surface area (Å²) < 4.78 is 0. The molecule has 2 heterocycles. The van der Waals surface area contributed by atoms with E-state index in [2.05, 4.69) is 12.1 Å². The van der Waals surface area contributed by atoms with E-state index in [1.54, 1.807) is 11.3 Å². The molecule has 2 spiro atoms. The van der Waals surface area contributed by atoms with Crippen molar-refractivity contribution in [3.8, 4) is 9.75 Å². The first kappa shape index (κ1) is 35.1. The van der Waals surface area contributed by atoms with Gasteiger partial charge < -0.3 is 0 Å². The molecule has 0 aliphatic heterocycles. The Morgan fingerprint density at radius 1 is 0.500 bits per heavy atom. The number of ketones is 4. The number of Topliss-reactive ketones (excluding diaryl/α,β-unsaturated/α-hetero) is 4. The molecule has 0 radical (unpaired) electrons. The molecule has 8 unspecified atom stereocenters. The molecule has 8 atom stereocenters. The second-order valence-electron chi connectivity index (χ2n) is 20.0. The lowest BCUT2D eigenvalue weighted by Gasteiger charge is -2.41. The summed E-state index contributed by atoms with van der Waals surface area (Å²) in [7, 11) is 0. The maximum atomic E-state index is 14.1. The number of rotatable bonds is 2. The molecule has 0 aromatic carbocycles. The van der Waals surface area contributed by atoms with Crippen molar-refractivity contribution in [2.75, 3.05) is 0 Å². The van der Waals surface area contributed by atoms with Crippen LogP contribution in [0.4, 0.5) is 5.00 Å². The summed E-state index contributed by atoms with van der Waals surface area (Å²) in [5.41, 5.74) is 5.45. The van der Waals surface area contributed by atoms with E-state index in [0.717, 1.165) is 74.9 Å². The van der Waals surface area contributed by atoms with E-state index in [9.17, 15) is 19.2 Å². The summed E-state index contributed by atoms with van der Waals surface area (Å²) in [5, 5.41) is 0.821. The van der Waals surface area contributed by atoms with Gasteiger partial charge in [-0.25, -0.2) is 9.98 Å². The van der Waals surface area contributed by atoms with Crippen molar-refractivity contribution in [2.24, 2.45) is 57.3 Å². The number of carbonyl (C=O) groups excluding carboxylic acids is 4. The van der Waals surface area contributed by atoms with Crippen LogP contribution in [0.2, 0.25) is 0 Å². The summed E-state index contributed by atoms with van der Waals surface area (Å²) in [4.78, 5) is 70.3. The second kappa shape index (κ2) is 12.8. The van der Waals surface area contributed by atoms with Gasteiger partial charge in [-0.3, -0.25) is 19.2 Å². The highest BCUT2D eigenvalue weighted by Gasteiger charge is 2.57. The summed E-state index contributed by atoms with van der Waals surface area (Å²) >= 11 is 3.58. The molecule has 2 aromatic heterocycles. The fraction of sp³-hybridized carbons (Fsp3) is 0.667. The van der Waals surface area contributed by atoms with E-state index in [1.165, 1.54) is 108 Å². The molecule has 8 fully saturated rings. The van der Waals surface area contributed by atoms with Gasteiger partial charge in [-0.05, 0) is 104 Å². The average molecular weight is 787 g/mol. The van der Waals surface area contributed by atoms with Gasteiger partial charge in [-0.1, -0.05) is 89.9 Å². The second-order valence-corrected chi connectivity index (χ2v) is 22.1. The van der Waals surface area contributed by atoms with E-state index in [1.807, 2.05) is 11.3 Å². The van der Waals surface area contributed by atoms with E-state index < -0.39 is 0 Å². The zero-order valence-corrected chi connectivity index (χ0v) is 34.3. The van der Waals surface area contributed by atoms with Crippen LogP contribution in [0.1, 0.15) is 163 Å². The Morgan fingerprint density at radius 3 is 1.46 bits per heavy atom. The molecule has 0 N–H and O–H groups in total. The predicted molar refractivity (Wildman–Crippen MR) is 222 cm³/mol. The third-order valence-electron chi connectivity index (χ3n) is 17.6. The topological polar surface area (TPSA) is 93.0 Å². The molecule has 6 nitrogen and oxygen atoms in total. The molecule has 56 heavy (non-hydrogen) atoms. The first-order chi connectivity index (χ1) is 27.3. The minimum Gasteiger partial charge on any atom is -0.292 e. The van der Waals surface area contributed by atoms with Crippen molar-refractivity contribution in [1.29, 1.82) is 0 Å². The minimum absolute atomic E-state index is 0.0103. The number of fused-ring (bicyclic) bond motifs is 12. The summed E-state index contributed by atoms with van der Waals surface area (Å²) in [6.45, 7) is 0. The quantitative estimate of drug-likeness (QED) is 0.303. The van der Waals surface area contributed by atoms with Gasteiger partial charge in [0.2, 0.25) is 0 Å². The molecule has 0 saturated heterocycles. The molecule has 2 aromatic rings. The van der Waals surface area contributed by atoms with Crippen molar-refractivity contribution < 1.29 is 19.2 Å². The molecule has 8 heteroatoms.